The van der Waals surface area contributed by atoms with Gasteiger partial charge in [-0.2, -0.15) is 8.42 Å². The molecule has 0 atom stereocenters. The van der Waals surface area contributed by atoms with Crippen LogP contribution in [0.15, 0.2) is 52.3 Å². The third kappa shape index (κ3) is 3.77. The van der Waals surface area contributed by atoms with Gasteiger partial charge in [0.1, 0.15) is 0 Å². The summed E-state index contributed by atoms with van der Waals surface area (Å²) in [6.07, 6.45) is 2.43. The maximum absolute atomic E-state index is 11.1. The van der Waals surface area contributed by atoms with Crippen molar-refractivity contribution in [3.63, 3.8) is 0 Å². The van der Waals surface area contributed by atoms with Crippen molar-refractivity contribution in [2.24, 2.45) is 0 Å². The minimum absolute atomic E-state index is 0.218. The number of rotatable bonds is 6. The highest BCUT2D eigenvalue weighted by molar-refractivity contribution is 7.99. The van der Waals surface area contributed by atoms with Crippen LogP contribution in [0.4, 0.5) is 11.4 Å². The molecular weight excluding hydrogens is 342 g/mol. The van der Waals surface area contributed by atoms with Crippen LogP contribution in [0.3, 0.4) is 0 Å². The Kier molecular flexibility index (Phi) is 5.18. The van der Waals surface area contributed by atoms with E-state index in [9.17, 15) is 8.42 Å². The Hall–Kier alpha value is -1.50. The van der Waals surface area contributed by atoms with Gasteiger partial charge < -0.3 is 4.90 Å². The van der Waals surface area contributed by atoms with Crippen LogP contribution in [0.1, 0.15) is 25.3 Å². The Labute approximate surface area is 147 Å². The van der Waals surface area contributed by atoms with Gasteiger partial charge in [-0.05, 0) is 36.6 Å². The fraction of sp³-hybridized carbons (Fsp3) is 0.333. The van der Waals surface area contributed by atoms with Crippen LogP contribution in [0, 0.1) is 0 Å². The van der Waals surface area contributed by atoms with Crippen molar-refractivity contribution < 1.29 is 13.0 Å². The molecule has 2 aromatic carbocycles. The third-order valence-electron chi connectivity index (χ3n) is 4.03. The third-order valence-corrected chi connectivity index (χ3v) is 5.95. The summed E-state index contributed by atoms with van der Waals surface area (Å²) in [7, 11) is -3.93. The first-order chi connectivity index (χ1) is 11.5. The Balaban J connectivity index is 1.99. The van der Waals surface area contributed by atoms with Crippen LogP contribution in [0.2, 0.25) is 0 Å². The zero-order chi connectivity index (χ0) is 17.2. The lowest BCUT2D eigenvalue weighted by Gasteiger charge is -2.34. The zero-order valence-electron chi connectivity index (χ0n) is 13.6. The molecule has 1 aliphatic rings. The van der Waals surface area contributed by atoms with E-state index in [0.29, 0.717) is 13.0 Å². The van der Waals surface area contributed by atoms with E-state index < -0.39 is 10.1 Å². The van der Waals surface area contributed by atoms with Gasteiger partial charge in [0.15, 0.2) is 0 Å². The van der Waals surface area contributed by atoms with E-state index in [-0.39, 0.29) is 5.75 Å². The summed E-state index contributed by atoms with van der Waals surface area (Å²) < 4.78 is 31.2. The van der Waals surface area contributed by atoms with Crippen molar-refractivity contribution in [1.29, 1.82) is 0 Å². The van der Waals surface area contributed by atoms with Crippen LogP contribution >= 0.6 is 11.8 Å². The van der Waals surface area contributed by atoms with Gasteiger partial charge in [-0.1, -0.05) is 49.4 Å². The van der Waals surface area contributed by atoms with E-state index >= 15 is 0 Å². The van der Waals surface area contributed by atoms with E-state index in [4.69, 9.17) is 4.55 Å². The van der Waals surface area contributed by atoms with E-state index in [1.807, 2.05) is 12.1 Å². The molecule has 1 aliphatic heterocycles. The average molecular weight is 364 g/mol. The quantitative estimate of drug-likeness (QED) is 0.765. The number of fused-ring (bicyclic) bond motifs is 2. The molecule has 2 aromatic rings. The maximum atomic E-state index is 11.1. The second kappa shape index (κ2) is 7.17. The number of benzene rings is 2. The molecule has 0 bridgehead atoms. The highest BCUT2D eigenvalue weighted by Gasteiger charge is 2.25. The van der Waals surface area contributed by atoms with Crippen molar-refractivity contribution in [3.05, 3.63) is 48.0 Å². The van der Waals surface area contributed by atoms with Gasteiger partial charge in [-0.25, -0.2) is 0 Å². The maximum Gasteiger partial charge on any atom is 0.264 e. The molecule has 0 saturated carbocycles. The molecule has 0 amide bonds. The molecular formula is C18H21NO3S2. The summed E-state index contributed by atoms with van der Waals surface area (Å²) in [6, 6.07) is 14.5. The second-order valence-corrected chi connectivity index (χ2v) is 8.53. The molecule has 3 rings (SSSR count). The van der Waals surface area contributed by atoms with Crippen molar-refractivity contribution in [2.75, 3.05) is 17.2 Å². The molecule has 128 valence electrons. The van der Waals surface area contributed by atoms with Crippen molar-refractivity contribution in [1.82, 2.24) is 0 Å². The first-order valence-electron chi connectivity index (χ1n) is 8.11. The summed E-state index contributed by atoms with van der Waals surface area (Å²) in [4.78, 5) is 4.58. The molecule has 0 radical (unpaired) electrons. The van der Waals surface area contributed by atoms with Gasteiger partial charge in [0, 0.05) is 16.3 Å². The molecule has 24 heavy (non-hydrogen) atoms. The molecule has 6 heteroatoms. The van der Waals surface area contributed by atoms with E-state index in [2.05, 4.69) is 42.2 Å². The summed E-state index contributed by atoms with van der Waals surface area (Å²) in [5.41, 5.74) is 3.57. The number of hydrogen-bond donors (Lipinski definition) is 1. The minimum Gasteiger partial charge on any atom is -0.339 e. The number of aryl methyl sites for hydroxylation is 1. The predicted octanol–water partition coefficient (Wildman–Crippen LogP) is 4.52. The second-order valence-electron chi connectivity index (χ2n) is 5.87. The minimum atomic E-state index is -3.93. The SMILES string of the molecule is CCCc1cccc2c1N(CCCS(=O)(=O)O)c1ccccc1S2. The molecule has 0 fully saturated rings. The van der Waals surface area contributed by atoms with Gasteiger partial charge >= 0.3 is 0 Å². The lowest BCUT2D eigenvalue weighted by atomic mass is 10.1. The first kappa shape index (κ1) is 17.3. The Morgan fingerprint density at radius 3 is 2.58 bits per heavy atom. The highest BCUT2D eigenvalue weighted by atomic mass is 32.2. The first-order valence-corrected chi connectivity index (χ1v) is 10.5. The van der Waals surface area contributed by atoms with Crippen LogP contribution in [0.5, 0.6) is 0 Å². The van der Waals surface area contributed by atoms with Crippen LogP contribution in [-0.2, 0) is 16.5 Å². The number of nitrogens with zero attached hydrogens (tertiary/aromatic N) is 1. The fourth-order valence-corrected chi connectivity index (χ4v) is 4.72. The predicted molar refractivity (Wildman–Crippen MR) is 99.0 cm³/mol. The van der Waals surface area contributed by atoms with Crippen LogP contribution < -0.4 is 4.90 Å². The molecule has 0 aliphatic carbocycles. The number of hydrogen-bond acceptors (Lipinski definition) is 4. The van der Waals surface area contributed by atoms with Crippen molar-refractivity contribution in [3.8, 4) is 0 Å². The number of para-hydroxylation sites is 2. The van der Waals surface area contributed by atoms with Crippen molar-refractivity contribution in [2.45, 2.75) is 36.0 Å². The average Bonchev–Trinajstić information content (AvgIpc) is 2.53. The van der Waals surface area contributed by atoms with Gasteiger partial charge in [0.25, 0.3) is 10.1 Å². The molecule has 0 saturated heterocycles. The summed E-state index contributed by atoms with van der Waals surface area (Å²) in [5.74, 6) is -0.218. The lowest BCUT2D eigenvalue weighted by molar-refractivity contribution is 0.481. The highest BCUT2D eigenvalue weighted by Crippen LogP contribution is 2.49. The van der Waals surface area contributed by atoms with E-state index in [1.54, 1.807) is 11.8 Å². The topological polar surface area (TPSA) is 57.6 Å². The summed E-state index contributed by atoms with van der Waals surface area (Å²) in [5, 5.41) is 0. The molecule has 0 aromatic heterocycles. The van der Waals surface area contributed by atoms with Crippen LogP contribution in [-0.4, -0.2) is 25.3 Å². The molecule has 4 nitrogen and oxygen atoms in total. The lowest BCUT2D eigenvalue weighted by Crippen LogP contribution is -2.25. The molecule has 0 unspecified atom stereocenters. The van der Waals surface area contributed by atoms with E-state index in [1.165, 1.54) is 21.0 Å². The Morgan fingerprint density at radius 2 is 1.83 bits per heavy atom. The largest absolute Gasteiger partial charge is 0.339 e. The normalized spacial score (nSPS) is 13.5. The van der Waals surface area contributed by atoms with Crippen LogP contribution in [0.25, 0.3) is 0 Å². The Bertz CT molecular complexity index is 834. The zero-order valence-corrected chi connectivity index (χ0v) is 15.2. The summed E-state index contributed by atoms with van der Waals surface area (Å²) >= 11 is 1.76. The van der Waals surface area contributed by atoms with Gasteiger partial charge in [0.05, 0.1) is 17.1 Å². The van der Waals surface area contributed by atoms with Gasteiger partial charge in [0.2, 0.25) is 0 Å². The number of anilines is 2. The molecule has 1 heterocycles. The fourth-order valence-electron chi connectivity index (χ4n) is 3.07. The van der Waals surface area contributed by atoms with Gasteiger partial charge in [-0.3, -0.25) is 4.55 Å². The van der Waals surface area contributed by atoms with E-state index in [0.717, 1.165) is 18.5 Å². The van der Waals surface area contributed by atoms with Gasteiger partial charge in [-0.15, -0.1) is 0 Å². The standard InChI is InChI=1S/C18H21NO3S2/c1-2-7-14-8-5-11-17-18(14)19(12-6-13-24(20,21)22)15-9-3-4-10-16(15)23-17/h3-5,8-11H,2,6-7,12-13H2,1H3,(H,20,21,22). The molecule has 0 spiro atoms. The molecule has 1 N–H and O–H groups in total. The smallest absolute Gasteiger partial charge is 0.264 e. The monoisotopic (exact) mass is 363 g/mol. The Morgan fingerprint density at radius 1 is 1.08 bits per heavy atom. The summed E-state index contributed by atoms with van der Waals surface area (Å²) in [6.45, 7) is 2.72. The van der Waals surface area contributed by atoms with Crippen molar-refractivity contribution >= 4 is 33.3 Å².